The summed E-state index contributed by atoms with van der Waals surface area (Å²) < 4.78 is 5.60. The summed E-state index contributed by atoms with van der Waals surface area (Å²) in [5.41, 5.74) is 1.10. The zero-order valence-corrected chi connectivity index (χ0v) is 15.4. The fourth-order valence-electron chi connectivity index (χ4n) is 3.54. The normalized spacial score (nSPS) is 22.1. The number of nitrogens with zero attached hydrogens (tertiary/aromatic N) is 2. The zero-order chi connectivity index (χ0) is 18.2. The Balaban J connectivity index is 1.42. The third kappa shape index (κ3) is 5.81. The summed E-state index contributed by atoms with van der Waals surface area (Å²) in [4.78, 5) is 28.3. The third-order valence-corrected chi connectivity index (χ3v) is 5.03. The predicted octanol–water partition coefficient (Wildman–Crippen LogP) is 1.41. The first-order valence-corrected chi connectivity index (χ1v) is 9.63. The number of nitrogens with one attached hydrogen (secondary N) is 1. The number of rotatable bonds is 6. The van der Waals surface area contributed by atoms with Gasteiger partial charge in [-0.15, -0.1) is 0 Å². The highest BCUT2D eigenvalue weighted by Gasteiger charge is 2.26. The Labute approximate surface area is 155 Å². The van der Waals surface area contributed by atoms with Crippen LogP contribution in [0.1, 0.15) is 31.2 Å². The molecular formula is C20H29N3O3. The molecule has 2 fully saturated rings. The Morgan fingerprint density at radius 3 is 2.58 bits per heavy atom. The minimum Gasteiger partial charge on any atom is -0.365 e. The molecule has 6 nitrogen and oxygen atoms in total. The quantitative estimate of drug-likeness (QED) is 0.834. The molecule has 6 heteroatoms. The van der Waals surface area contributed by atoms with Gasteiger partial charge in [0.05, 0.1) is 12.6 Å². The molecule has 2 aliphatic rings. The van der Waals surface area contributed by atoms with Crippen LogP contribution in [0, 0.1) is 0 Å². The molecule has 0 radical (unpaired) electrons. The molecule has 0 bridgehead atoms. The van der Waals surface area contributed by atoms with Crippen LogP contribution in [0.5, 0.6) is 0 Å². The number of benzene rings is 1. The van der Waals surface area contributed by atoms with Crippen LogP contribution >= 0.6 is 0 Å². The van der Waals surface area contributed by atoms with Crippen LogP contribution in [0.25, 0.3) is 0 Å². The van der Waals surface area contributed by atoms with E-state index in [1.165, 1.54) is 25.7 Å². The van der Waals surface area contributed by atoms with Gasteiger partial charge in [-0.25, -0.2) is 0 Å². The molecule has 1 aromatic carbocycles. The van der Waals surface area contributed by atoms with Crippen molar-refractivity contribution >= 4 is 11.8 Å². The highest BCUT2D eigenvalue weighted by atomic mass is 16.5. The van der Waals surface area contributed by atoms with Gasteiger partial charge in [-0.3, -0.25) is 14.5 Å². The van der Waals surface area contributed by atoms with Gasteiger partial charge in [0.25, 0.3) is 0 Å². The van der Waals surface area contributed by atoms with Crippen LogP contribution in [-0.2, 0) is 20.9 Å². The monoisotopic (exact) mass is 359 g/mol. The smallest absolute Gasteiger partial charge is 0.248 e. The maximum atomic E-state index is 12.2. The number of likely N-dealkylation sites (tertiary alicyclic amines) is 1. The summed E-state index contributed by atoms with van der Waals surface area (Å²) in [7, 11) is 0. The Hall–Kier alpha value is -1.92. The Bertz CT molecular complexity index is 585. The number of hydrogen-bond donors (Lipinski definition) is 1. The lowest BCUT2D eigenvalue weighted by molar-refractivity contribution is -0.149. The van der Waals surface area contributed by atoms with Crippen LogP contribution in [0.4, 0.5) is 0 Å². The Morgan fingerprint density at radius 1 is 1.12 bits per heavy atom. The van der Waals surface area contributed by atoms with E-state index in [2.05, 4.69) is 10.2 Å². The SMILES string of the molecule is O=C(CN1CCCCCC1)NCC1CN(Cc2ccccc2)C(=O)CO1. The van der Waals surface area contributed by atoms with Crippen molar-refractivity contribution in [3.05, 3.63) is 35.9 Å². The van der Waals surface area contributed by atoms with Crippen molar-refractivity contribution in [2.24, 2.45) is 0 Å². The molecule has 3 rings (SSSR count). The molecule has 2 amide bonds. The molecule has 1 N–H and O–H groups in total. The van der Waals surface area contributed by atoms with E-state index in [-0.39, 0.29) is 24.5 Å². The van der Waals surface area contributed by atoms with E-state index in [1.54, 1.807) is 0 Å². The van der Waals surface area contributed by atoms with Crippen molar-refractivity contribution in [2.75, 3.05) is 39.3 Å². The first kappa shape index (κ1) is 18.9. The molecule has 2 aliphatic heterocycles. The topological polar surface area (TPSA) is 61.9 Å². The number of amides is 2. The molecule has 2 heterocycles. The molecule has 1 aromatic rings. The molecule has 0 aromatic heterocycles. The van der Waals surface area contributed by atoms with Gasteiger partial charge in [0, 0.05) is 19.6 Å². The molecule has 0 aliphatic carbocycles. The summed E-state index contributed by atoms with van der Waals surface area (Å²) in [6.07, 6.45) is 4.73. The van der Waals surface area contributed by atoms with Crippen LogP contribution in [-0.4, -0.2) is 67.0 Å². The highest BCUT2D eigenvalue weighted by molar-refractivity contribution is 5.79. The van der Waals surface area contributed by atoms with Crippen molar-refractivity contribution in [1.29, 1.82) is 0 Å². The summed E-state index contributed by atoms with van der Waals surface area (Å²) >= 11 is 0. The lowest BCUT2D eigenvalue weighted by Crippen LogP contribution is -2.50. The lowest BCUT2D eigenvalue weighted by atomic mass is 10.2. The van der Waals surface area contributed by atoms with E-state index in [0.29, 0.717) is 26.2 Å². The van der Waals surface area contributed by atoms with Crippen LogP contribution in [0.3, 0.4) is 0 Å². The van der Waals surface area contributed by atoms with Gasteiger partial charge in [-0.05, 0) is 31.5 Å². The first-order chi connectivity index (χ1) is 12.7. The summed E-state index contributed by atoms with van der Waals surface area (Å²) in [6, 6.07) is 9.94. The third-order valence-electron chi connectivity index (χ3n) is 5.03. The fraction of sp³-hybridized carbons (Fsp3) is 0.600. The molecule has 1 unspecified atom stereocenters. The van der Waals surface area contributed by atoms with Crippen LogP contribution < -0.4 is 5.32 Å². The van der Waals surface area contributed by atoms with Gasteiger partial charge in [0.1, 0.15) is 6.61 Å². The van der Waals surface area contributed by atoms with Gasteiger partial charge < -0.3 is 15.0 Å². The van der Waals surface area contributed by atoms with E-state index in [9.17, 15) is 9.59 Å². The number of morpholine rings is 1. The second-order valence-electron chi connectivity index (χ2n) is 7.19. The average molecular weight is 359 g/mol. The molecule has 0 spiro atoms. The summed E-state index contributed by atoms with van der Waals surface area (Å²) in [6.45, 7) is 4.10. The van der Waals surface area contributed by atoms with Gasteiger partial charge in [0.15, 0.2) is 0 Å². The second kappa shape index (κ2) is 9.69. The average Bonchev–Trinajstić information content (AvgIpc) is 2.92. The largest absolute Gasteiger partial charge is 0.365 e. The maximum Gasteiger partial charge on any atom is 0.248 e. The van der Waals surface area contributed by atoms with Gasteiger partial charge in [-0.2, -0.15) is 0 Å². The molecular weight excluding hydrogens is 330 g/mol. The fourth-order valence-corrected chi connectivity index (χ4v) is 3.54. The molecule has 2 saturated heterocycles. The Kier molecular flexibility index (Phi) is 7.03. The van der Waals surface area contributed by atoms with Crippen molar-refractivity contribution < 1.29 is 14.3 Å². The van der Waals surface area contributed by atoms with E-state index in [1.807, 2.05) is 35.2 Å². The second-order valence-corrected chi connectivity index (χ2v) is 7.19. The highest BCUT2D eigenvalue weighted by Crippen LogP contribution is 2.12. The minimum absolute atomic E-state index is 0.000923. The Morgan fingerprint density at radius 2 is 1.85 bits per heavy atom. The number of hydrogen-bond acceptors (Lipinski definition) is 4. The van der Waals surface area contributed by atoms with Crippen LogP contribution in [0.2, 0.25) is 0 Å². The lowest BCUT2D eigenvalue weighted by Gasteiger charge is -2.33. The van der Waals surface area contributed by atoms with Crippen molar-refractivity contribution in [1.82, 2.24) is 15.1 Å². The van der Waals surface area contributed by atoms with E-state index < -0.39 is 0 Å². The van der Waals surface area contributed by atoms with E-state index >= 15 is 0 Å². The van der Waals surface area contributed by atoms with Crippen molar-refractivity contribution in [3.63, 3.8) is 0 Å². The van der Waals surface area contributed by atoms with E-state index in [4.69, 9.17) is 4.74 Å². The standard InChI is InChI=1S/C20H29N3O3/c24-19(15-22-10-6-1-2-7-11-22)21-12-18-14-23(20(25)16-26-18)13-17-8-4-3-5-9-17/h3-5,8-9,18H,1-2,6-7,10-16H2,(H,21,24). The molecule has 26 heavy (non-hydrogen) atoms. The molecule has 142 valence electrons. The maximum absolute atomic E-state index is 12.2. The number of carbonyl (C=O) groups is 2. The molecule has 0 saturated carbocycles. The predicted molar refractivity (Wildman–Crippen MR) is 99.5 cm³/mol. The van der Waals surface area contributed by atoms with E-state index in [0.717, 1.165) is 18.7 Å². The summed E-state index contributed by atoms with van der Waals surface area (Å²) in [5, 5.41) is 2.98. The van der Waals surface area contributed by atoms with Gasteiger partial charge >= 0.3 is 0 Å². The van der Waals surface area contributed by atoms with Crippen molar-refractivity contribution in [3.8, 4) is 0 Å². The zero-order valence-electron chi connectivity index (χ0n) is 15.4. The minimum atomic E-state index is -0.149. The number of ether oxygens (including phenoxy) is 1. The van der Waals surface area contributed by atoms with Crippen molar-refractivity contribution in [2.45, 2.75) is 38.3 Å². The number of carbonyl (C=O) groups excluding carboxylic acids is 2. The van der Waals surface area contributed by atoms with Crippen LogP contribution in [0.15, 0.2) is 30.3 Å². The van der Waals surface area contributed by atoms with Gasteiger partial charge in [0.2, 0.25) is 11.8 Å². The van der Waals surface area contributed by atoms with Gasteiger partial charge in [-0.1, -0.05) is 43.2 Å². The summed E-state index contributed by atoms with van der Waals surface area (Å²) in [5.74, 6) is 0.0444. The molecule has 1 atom stereocenters. The first-order valence-electron chi connectivity index (χ1n) is 9.63.